The lowest BCUT2D eigenvalue weighted by Crippen LogP contribution is -2.34. The fourth-order valence-corrected chi connectivity index (χ4v) is 5.15. The summed E-state index contributed by atoms with van der Waals surface area (Å²) in [5, 5.41) is 23.5. The third-order valence-corrected chi connectivity index (χ3v) is 7.29. The number of hydrogen-bond donors (Lipinski definition) is 1. The molecule has 1 amide bonds. The van der Waals surface area contributed by atoms with Crippen molar-refractivity contribution in [1.82, 2.24) is 40.5 Å². The molecule has 2 aromatic heterocycles. The van der Waals surface area contributed by atoms with E-state index in [1.807, 2.05) is 31.2 Å². The summed E-state index contributed by atoms with van der Waals surface area (Å²) in [7, 11) is -3.86. The maximum atomic E-state index is 13.6. The van der Waals surface area contributed by atoms with E-state index in [1.54, 1.807) is 44.2 Å². The smallest absolute Gasteiger partial charge is 0.320 e. The van der Waals surface area contributed by atoms with Gasteiger partial charge in [-0.15, -0.1) is 15.3 Å². The molecule has 1 N–H and O–H groups in total. The monoisotopic (exact) mass is 510 g/mol. The minimum atomic E-state index is -3.86. The van der Waals surface area contributed by atoms with Crippen molar-refractivity contribution < 1.29 is 18.4 Å². The highest BCUT2D eigenvalue weighted by Crippen LogP contribution is 2.57. The van der Waals surface area contributed by atoms with Gasteiger partial charge in [0.25, 0.3) is 5.91 Å². The third kappa shape index (κ3) is 5.91. The summed E-state index contributed by atoms with van der Waals surface area (Å²) < 4.78 is 25.9. The number of hydrogen-bond acceptors (Lipinski definition) is 9. The molecule has 0 saturated heterocycles. The number of carbonyl (C=O) groups is 1. The molecule has 12 nitrogen and oxygen atoms in total. The van der Waals surface area contributed by atoms with E-state index in [4.69, 9.17) is 9.05 Å². The highest BCUT2D eigenvalue weighted by molar-refractivity contribution is 7.53. The molecule has 2 aromatic carbocycles. The highest BCUT2D eigenvalue weighted by Gasteiger charge is 2.39. The summed E-state index contributed by atoms with van der Waals surface area (Å²) in [6.45, 7) is 5.77. The Labute approximate surface area is 208 Å². The summed E-state index contributed by atoms with van der Waals surface area (Å²) in [6.07, 6.45) is 1.54. The molecule has 188 valence electrons. The number of amides is 1. The van der Waals surface area contributed by atoms with Crippen molar-refractivity contribution >= 4 is 13.5 Å². The minimum Gasteiger partial charge on any atom is -0.320 e. The Balaban J connectivity index is 1.58. The van der Waals surface area contributed by atoms with Crippen LogP contribution in [0.15, 0.2) is 60.8 Å². The molecular weight excluding hydrogens is 483 g/mol. The molecule has 13 heteroatoms. The van der Waals surface area contributed by atoms with Crippen molar-refractivity contribution in [2.24, 2.45) is 0 Å². The number of nitrogens with zero attached hydrogens (tertiary/aromatic N) is 7. The van der Waals surface area contributed by atoms with Crippen molar-refractivity contribution in [3.05, 3.63) is 77.6 Å². The predicted molar refractivity (Wildman–Crippen MR) is 131 cm³/mol. The summed E-state index contributed by atoms with van der Waals surface area (Å²) in [5.41, 5.74) is 2.82. The summed E-state index contributed by atoms with van der Waals surface area (Å²) in [5.74, 6) is -1.22. The summed E-state index contributed by atoms with van der Waals surface area (Å²) in [6, 6.07) is 16.3. The molecule has 0 aliphatic carbocycles. The van der Waals surface area contributed by atoms with E-state index in [1.165, 1.54) is 15.7 Å². The number of tetrazole rings is 1. The fourth-order valence-electron chi connectivity index (χ4n) is 3.40. The Hall–Kier alpha value is -3.73. The van der Waals surface area contributed by atoms with Crippen molar-refractivity contribution in [3.63, 3.8) is 0 Å². The Bertz CT molecular complexity index is 1330. The Morgan fingerprint density at radius 2 is 1.69 bits per heavy atom. The van der Waals surface area contributed by atoms with Crippen LogP contribution < -0.4 is 5.32 Å². The van der Waals surface area contributed by atoms with Gasteiger partial charge in [-0.05, 0) is 38.1 Å². The molecule has 4 rings (SSSR count). The molecule has 1 atom stereocenters. The first-order valence-electron chi connectivity index (χ1n) is 11.4. The van der Waals surface area contributed by atoms with Crippen molar-refractivity contribution in [2.75, 3.05) is 13.2 Å². The van der Waals surface area contributed by atoms with Crippen LogP contribution in [0.3, 0.4) is 0 Å². The average molecular weight is 510 g/mol. The lowest BCUT2D eigenvalue weighted by Gasteiger charge is -2.26. The van der Waals surface area contributed by atoms with Gasteiger partial charge in [0, 0.05) is 11.1 Å². The molecule has 1 unspecified atom stereocenters. The normalized spacial score (nSPS) is 12.4. The number of aryl methyl sites for hydroxylation is 1. The number of rotatable bonds is 11. The molecule has 0 radical (unpaired) electrons. The molecule has 36 heavy (non-hydrogen) atoms. The van der Waals surface area contributed by atoms with Gasteiger partial charge in [0.1, 0.15) is 12.2 Å². The van der Waals surface area contributed by atoms with Gasteiger partial charge in [-0.2, -0.15) is 4.80 Å². The number of aromatic nitrogens is 7. The second-order valence-corrected chi connectivity index (χ2v) is 9.87. The van der Waals surface area contributed by atoms with Gasteiger partial charge in [0.05, 0.1) is 19.4 Å². The number of carbonyl (C=O) groups excluding carboxylic acids is 1. The third-order valence-electron chi connectivity index (χ3n) is 5.09. The van der Waals surface area contributed by atoms with Crippen molar-refractivity contribution in [3.8, 4) is 11.4 Å². The second kappa shape index (κ2) is 11.3. The first-order chi connectivity index (χ1) is 17.4. The van der Waals surface area contributed by atoms with Crippen molar-refractivity contribution in [2.45, 2.75) is 33.2 Å². The quantitative estimate of drug-likeness (QED) is 0.301. The molecule has 4 aromatic rings. The van der Waals surface area contributed by atoms with Crippen LogP contribution in [0.5, 0.6) is 0 Å². The van der Waals surface area contributed by atoms with E-state index < -0.39 is 19.4 Å². The molecular formula is C23H27N8O4P. The standard InChI is InChI=1S/C23H27N8O4P/c1-4-34-36(33,35-5-2)23(24-22(32)19-9-7-6-8-10-19)30-15-20(25-28-30)16-31-27-21(26-29-31)18-13-11-17(3)12-14-18/h6-15,23H,4-5,16H2,1-3H3,(H,24,32). The van der Waals surface area contributed by atoms with Crippen LogP contribution in [0.2, 0.25) is 0 Å². The van der Waals surface area contributed by atoms with Crippen LogP contribution in [0, 0.1) is 6.92 Å². The van der Waals surface area contributed by atoms with Gasteiger partial charge in [-0.25, -0.2) is 4.68 Å². The van der Waals surface area contributed by atoms with E-state index in [2.05, 4.69) is 31.0 Å². The molecule has 0 aliphatic rings. The molecule has 0 spiro atoms. The highest BCUT2D eigenvalue weighted by atomic mass is 31.2. The van der Waals surface area contributed by atoms with E-state index in [9.17, 15) is 9.36 Å². The lowest BCUT2D eigenvalue weighted by atomic mass is 10.1. The lowest BCUT2D eigenvalue weighted by molar-refractivity contribution is 0.0917. The minimum absolute atomic E-state index is 0.112. The SMILES string of the molecule is CCOP(=O)(OCC)C(NC(=O)c1ccccc1)n1cc(Cn2nnc(-c3ccc(C)cc3)n2)nn1. The van der Waals surface area contributed by atoms with E-state index in [0.29, 0.717) is 17.1 Å². The van der Waals surface area contributed by atoms with Gasteiger partial charge in [-0.1, -0.05) is 53.2 Å². The molecule has 0 saturated carbocycles. The van der Waals surface area contributed by atoms with E-state index in [0.717, 1.165) is 11.1 Å². The van der Waals surface area contributed by atoms with Crippen molar-refractivity contribution in [1.29, 1.82) is 0 Å². The fraction of sp³-hybridized carbons (Fsp3) is 0.304. The Morgan fingerprint density at radius 1 is 1.00 bits per heavy atom. The van der Waals surface area contributed by atoms with E-state index in [-0.39, 0.29) is 19.8 Å². The van der Waals surface area contributed by atoms with Crippen LogP contribution in [0.1, 0.15) is 41.4 Å². The maximum absolute atomic E-state index is 13.6. The zero-order valence-corrected chi connectivity index (χ0v) is 21.1. The first kappa shape index (κ1) is 25.4. The zero-order valence-electron chi connectivity index (χ0n) is 20.2. The molecule has 2 heterocycles. The number of benzene rings is 2. The largest absolute Gasteiger partial charge is 0.375 e. The van der Waals surface area contributed by atoms with Gasteiger partial charge in [0.2, 0.25) is 11.7 Å². The van der Waals surface area contributed by atoms with Crippen LogP contribution in [0.25, 0.3) is 11.4 Å². The second-order valence-electron chi connectivity index (χ2n) is 7.79. The van der Waals surface area contributed by atoms with Gasteiger partial charge in [-0.3, -0.25) is 9.36 Å². The average Bonchev–Trinajstić information content (AvgIpc) is 3.54. The first-order valence-corrected chi connectivity index (χ1v) is 13.0. The van der Waals surface area contributed by atoms with Crippen LogP contribution >= 0.6 is 7.60 Å². The molecule has 0 fully saturated rings. The predicted octanol–water partition coefficient (Wildman–Crippen LogP) is 3.44. The Kier molecular flexibility index (Phi) is 7.99. The Morgan fingerprint density at radius 3 is 2.36 bits per heavy atom. The van der Waals surface area contributed by atoms with Crippen LogP contribution in [0.4, 0.5) is 0 Å². The van der Waals surface area contributed by atoms with Crippen LogP contribution in [-0.4, -0.2) is 54.3 Å². The number of nitrogens with one attached hydrogen (secondary N) is 1. The summed E-state index contributed by atoms with van der Waals surface area (Å²) in [4.78, 5) is 14.3. The van der Waals surface area contributed by atoms with Gasteiger partial charge in [0.15, 0.2) is 0 Å². The van der Waals surface area contributed by atoms with E-state index >= 15 is 0 Å². The van der Waals surface area contributed by atoms with Gasteiger partial charge < -0.3 is 14.4 Å². The zero-order chi connectivity index (χ0) is 25.5. The van der Waals surface area contributed by atoms with Gasteiger partial charge >= 0.3 is 7.60 Å². The maximum Gasteiger partial charge on any atom is 0.375 e. The molecule has 0 aliphatic heterocycles. The van der Waals surface area contributed by atoms with Crippen LogP contribution in [-0.2, 0) is 20.2 Å². The summed E-state index contributed by atoms with van der Waals surface area (Å²) >= 11 is 0. The molecule has 0 bridgehead atoms. The topological polar surface area (TPSA) is 139 Å².